The molecule has 2 rings (SSSR count). The number of aliphatic hydroxyl groups is 1. The van der Waals surface area contributed by atoms with Crippen LogP contribution in [-0.2, 0) is 4.79 Å². The normalized spacial score (nSPS) is 11.8. The number of aliphatic hydroxyl groups excluding tert-OH is 1. The predicted molar refractivity (Wildman–Crippen MR) is 71.1 cm³/mol. The molecule has 104 valence electrons. The van der Waals surface area contributed by atoms with Crippen LogP contribution in [0.2, 0.25) is 0 Å². The first kappa shape index (κ1) is 13.8. The Labute approximate surface area is 115 Å². The second-order valence-electron chi connectivity index (χ2n) is 4.11. The summed E-state index contributed by atoms with van der Waals surface area (Å²) in [5.74, 6) is -1.34. The summed E-state index contributed by atoms with van der Waals surface area (Å²) in [5.41, 5.74) is 5.99. The molecular weight excluding hydrogens is 260 g/mol. The molecule has 0 aliphatic heterocycles. The second kappa shape index (κ2) is 5.98. The Hall–Kier alpha value is -2.67. The van der Waals surface area contributed by atoms with Gasteiger partial charge in [0.05, 0.1) is 19.1 Å². The van der Waals surface area contributed by atoms with Crippen LogP contribution in [0.4, 0.5) is 0 Å². The van der Waals surface area contributed by atoms with Crippen molar-refractivity contribution in [3.8, 4) is 5.69 Å². The number of amides is 2. The maximum absolute atomic E-state index is 12.0. The molecule has 4 N–H and O–H groups in total. The predicted octanol–water partition coefficient (Wildman–Crippen LogP) is -0.552. The average molecular weight is 274 g/mol. The fourth-order valence-corrected chi connectivity index (χ4v) is 1.64. The summed E-state index contributed by atoms with van der Waals surface area (Å²) in [5, 5.41) is 11.7. The Balaban J connectivity index is 2.12. The topological polar surface area (TPSA) is 110 Å². The Kier molecular flexibility index (Phi) is 4.11. The highest BCUT2D eigenvalue weighted by Gasteiger charge is 2.16. The summed E-state index contributed by atoms with van der Waals surface area (Å²) >= 11 is 0. The number of carbonyl (C=O) groups excluding carboxylic acids is 2. The number of hydrogen-bond acceptors (Lipinski definition) is 4. The number of carbonyl (C=O) groups is 2. The van der Waals surface area contributed by atoms with Crippen LogP contribution in [0.3, 0.4) is 0 Å². The van der Waals surface area contributed by atoms with Crippen LogP contribution in [0.25, 0.3) is 5.69 Å². The van der Waals surface area contributed by atoms with Crippen molar-refractivity contribution in [3.63, 3.8) is 0 Å². The highest BCUT2D eigenvalue weighted by molar-refractivity contribution is 5.93. The standard InChI is InChI=1S/C13H14N4O3/c14-12(19)11(18)7-16-13(20)10-6-15-8-17(10)9-4-2-1-3-5-9/h1-6,8,11,18H,7H2,(H2,14,19)(H,16,20). The van der Waals surface area contributed by atoms with Gasteiger partial charge in [-0.1, -0.05) is 18.2 Å². The molecule has 0 bridgehead atoms. The third kappa shape index (κ3) is 3.01. The monoisotopic (exact) mass is 274 g/mol. The van der Waals surface area contributed by atoms with E-state index in [4.69, 9.17) is 5.73 Å². The molecule has 20 heavy (non-hydrogen) atoms. The summed E-state index contributed by atoms with van der Waals surface area (Å²) in [7, 11) is 0. The van der Waals surface area contributed by atoms with E-state index in [1.54, 1.807) is 4.57 Å². The first-order valence-corrected chi connectivity index (χ1v) is 5.93. The van der Waals surface area contributed by atoms with Gasteiger partial charge in [-0.2, -0.15) is 0 Å². The molecule has 0 aliphatic rings. The molecular formula is C13H14N4O3. The number of rotatable bonds is 5. The van der Waals surface area contributed by atoms with Crippen molar-refractivity contribution in [2.24, 2.45) is 5.73 Å². The maximum atomic E-state index is 12.0. The molecule has 0 saturated heterocycles. The van der Waals surface area contributed by atoms with Gasteiger partial charge in [0.2, 0.25) is 5.91 Å². The van der Waals surface area contributed by atoms with E-state index >= 15 is 0 Å². The zero-order chi connectivity index (χ0) is 14.5. The van der Waals surface area contributed by atoms with Gasteiger partial charge in [0.25, 0.3) is 5.91 Å². The first-order valence-electron chi connectivity index (χ1n) is 5.93. The van der Waals surface area contributed by atoms with E-state index in [1.165, 1.54) is 12.5 Å². The summed E-state index contributed by atoms with van der Waals surface area (Å²) in [6.07, 6.45) is 1.50. The van der Waals surface area contributed by atoms with Crippen molar-refractivity contribution in [2.45, 2.75) is 6.10 Å². The van der Waals surface area contributed by atoms with E-state index in [-0.39, 0.29) is 6.54 Å². The summed E-state index contributed by atoms with van der Waals surface area (Å²) in [4.78, 5) is 26.6. The molecule has 7 heteroatoms. The minimum atomic E-state index is -1.41. The number of benzene rings is 1. The maximum Gasteiger partial charge on any atom is 0.270 e. The van der Waals surface area contributed by atoms with Gasteiger partial charge in [-0.3, -0.25) is 14.2 Å². The Morgan fingerprint density at radius 1 is 1.35 bits per heavy atom. The van der Waals surface area contributed by atoms with E-state index < -0.39 is 17.9 Å². The van der Waals surface area contributed by atoms with Crippen molar-refractivity contribution in [1.82, 2.24) is 14.9 Å². The minimum Gasteiger partial charge on any atom is -0.381 e. The van der Waals surface area contributed by atoms with Gasteiger partial charge >= 0.3 is 0 Å². The average Bonchev–Trinajstić information content (AvgIpc) is 2.94. The molecule has 1 aromatic heterocycles. The Bertz CT molecular complexity index is 609. The molecule has 0 fully saturated rings. The van der Waals surface area contributed by atoms with E-state index in [0.29, 0.717) is 5.69 Å². The van der Waals surface area contributed by atoms with Crippen LogP contribution in [0.1, 0.15) is 10.5 Å². The molecule has 0 radical (unpaired) electrons. The van der Waals surface area contributed by atoms with E-state index in [9.17, 15) is 14.7 Å². The summed E-state index contributed by atoms with van der Waals surface area (Å²) in [6.45, 7) is -0.242. The van der Waals surface area contributed by atoms with Gasteiger partial charge in [-0.25, -0.2) is 4.98 Å². The molecule has 0 spiro atoms. The number of nitrogens with one attached hydrogen (secondary N) is 1. The van der Waals surface area contributed by atoms with Gasteiger partial charge in [0, 0.05) is 5.69 Å². The molecule has 0 saturated carbocycles. The van der Waals surface area contributed by atoms with Crippen LogP contribution >= 0.6 is 0 Å². The van der Waals surface area contributed by atoms with Crippen molar-refractivity contribution in [2.75, 3.05) is 6.54 Å². The lowest BCUT2D eigenvalue weighted by Crippen LogP contribution is -2.40. The van der Waals surface area contributed by atoms with Gasteiger partial charge in [-0.05, 0) is 12.1 Å². The number of hydrogen-bond donors (Lipinski definition) is 3. The van der Waals surface area contributed by atoms with Crippen molar-refractivity contribution < 1.29 is 14.7 Å². The number of primary amides is 1. The van der Waals surface area contributed by atoms with Gasteiger partial charge in [0.15, 0.2) is 0 Å². The van der Waals surface area contributed by atoms with Crippen molar-refractivity contribution in [1.29, 1.82) is 0 Å². The molecule has 1 unspecified atom stereocenters. The first-order chi connectivity index (χ1) is 9.59. The highest BCUT2D eigenvalue weighted by Crippen LogP contribution is 2.10. The molecule has 1 heterocycles. The summed E-state index contributed by atoms with van der Waals surface area (Å²) < 4.78 is 1.60. The van der Waals surface area contributed by atoms with Crippen molar-refractivity contribution in [3.05, 3.63) is 48.5 Å². The molecule has 2 amide bonds. The number of para-hydroxylation sites is 1. The van der Waals surface area contributed by atoms with Crippen LogP contribution < -0.4 is 11.1 Å². The van der Waals surface area contributed by atoms with Gasteiger partial charge in [-0.15, -0.1) is 0 Å². The lowest BCUT2D eigenvalue weighted by Gasteiger charge is -2.10. The Morgan fingerprint density at radius 3 is 2.70 bits per heavy atom. The Morgan fingerprint density at radius 2 is 2.05 bits per heavy atom. The van der Waals surface area contributed by atoms with Gasteiger partial charge in [0.1, 0.15) is 11.8 Å². The molecule has 2 aromatic rings. The highest BCUT2D eigenvalue weighted by atomic mass is 16.3. The van der Waals surface area contributed by atoms with Crippen LogP contribution in [0, 0.1) is 0 Å². The molecule has 0 aliphatic carbocycles. The zero-order valence-electron chi connectivity index (χ0n) is 10.6. The quantitative estimate of drug-likeness (QED) is 0.679. The molecule has 1 aromatic carbocycles. The fourth-order valence-electron chi connectivity index (χ4n) is 1.64. The number of aromatic nitrogens is 2. The lowest BCUT2D eigenvalue weighted by molar-refractivity contribution is -0.125. The van der Waals surface area contributed by atoms with E-state index in [1.807, 2.05) is 30.3 Å². The van der Waals surface area contributed by atoms with Crippen LogP contribution in [0.15, 0.2) is 42.9 Å². The largest absolute Gasteiger partial charge is 0.381 e. The fraction of sp³-hybridized carbons (Fsp3) is 0.154. The van der Waals surface area contributed by atoms with Crippen LogP contribution in [-0.4, -0.2) is 39.1 Å². The lowest BCUT2D eigenvalue weighted by atomic mass is 10.3. The van der Waals surface area contributed by atoms with E-state index in [0.717, 1.165) is 5.69 Å². The third-order valence-electron chi connectivity index (χ3n) is 2.69. The van der Waals surface area contributed by atoms with E-state index in [2.05, 4.69) is 10.3 Å². The molecule has 7 nitrogen and oxygen atoms in total. The summed E-state index contributed by atoms with van der Waals surface area (Å²) in [6, 6.07) is 9.21. The second-order valence-corrected chi connectivity index (χ2v) is 4.11. The number of imidazole rings is 1. The zero-order valence-corrected chi connectivity index (χ0v) is 10.6. The van der Waals surface area contributed by atoms with Crippen LogP contribution in [0.5, 0.6) is 0 Å². The van der Waals surface area contributed by atoms with Gasteiger partial charge < -0.3 is 16.2 Å². The number of nitrogens with two attached hydrogens (primary N) is 1. The third-order valence-corrected chi connectivity index (χ3v) is 2.69. The SMILES string of the molecule is NC(=O)C(O)CNC(=O)c1cncn1-c1ccccc1. The smallest absolute Gasteiger partial charge is 0.270 e. The van der Waals surface area contributed by atoms with Crippen molar-refractivity contribution >= 4 is 11.8 Å². The number of nitrogens with zero attached hydrogens (tertiary/aromatic N) is 2. The minimum absolute atomic E-state index is 0.242. The molecule has 1 atom stereocenters.